The van der Waals surface area contributed by atoms with E-state index in [0.29, 0.717) is 5.56 Å². The normalized spacial score (nSPS) is 21.2. The molecule has 132 valence electrons. The summed E-state index contributed by atoms with van der Waals surface area (Å²) in [7, 11) is 0. The number of ether oxygens (including phenoxy) is 1. The molecule has 8 heteroatoms. The Morgan fingerprint density at radius 1 is 1.36 bits per heavy atom. The van der Waals surface area contributed by atoms with Crippen molar-refractivity contribution in [2.45, 2.75) is 25.7 Å². The first kappa shape index (κ1) is 17.0. The summed E-state index contributed by atoms with van der Waals surface area (Å²) in [6.45, 7) is 1.44. The Morgan fingerprint density at radius 2 is 2.04 bits per heavy atom. The number of primary amides is 1. The highest BCUT2D eigenvalue weighted by molar-refractivity contribution is 5.79. The number of carbonyl (C=O) groups excluding carboxylic acids is 2. The summed E-state index contributed by atoms with van der Waals surface area (Å²) >= 11 is 0. The average Bonchev–Trinajstić information content (AvgIpc) is 3.20. The fourth-order valence-electron chi connectivity index (χ4n) is 2.87. The van der Waals surface area contributed by atoms with Gasteiger partial charge in [-0.3, -0.25) is 4.79 Å². The average molecular weight is 347 g/mol. The van der Waals surface area contributed by atoms with Crippen molar-refractivity contribution in [2.24, 2.45) is 11.7 Å². The second-order valence-electron chi connectivity index (χ2n) is 5.97. The molecule has 0 saturated carbocycles. The zero-order chi connectivity index (χ0) is 18.1. The highest BCUT2D eigenvalue weighted by Crippen LogP contribution is 2.37. The third-order valence-corrected chi connectivity index (χ3v) is 4.38. The van der Waals surface area contributed by atoms with E-state index in [9.17, 15) is 14.1 Å². The van der Waals surface area contributed by atoms with Crippen molar-refractivity contribution in [1.82, 2.24) is 9.69 Å². The number of cyclic esters (lactones) is 1. The highest BCUT2D eigenvalue weighted by atomic mass is 19.2. The Balaban J connectivity index is 1.89. The van der Waals surface area contributed by atoms with Gasteiger partial charge in [-0.15, -0.1) is 5.12 Å². The number of hydrogen-bond donors (Lipinski definition) is 2. The van der Waals surface area contributed by atoms with Gasteiger partial charge in [0.1, 0.15) is 12.1 Å². The number of aliphatic hydroxyl groups is 1. The van der Waals surface area contributed by atoms with Crippen molar-refractivity contribution >= 4 is 12.0 Å². The minimum absolute atomic E-state index is 0.0152. The van der Waals surface area contributed by atoms with Crippen LogP contribution in [0, 0.1) is 5.92 Å². The number of nitrogens with zero attached hydrogens (tertiary/aromatic N) is 2. The third-order valence-electron chi connectivity index (χ3n) is 4.38. The van der Waals surface area contributed by atoms with E-state index in [2.05, 4.69) is 0 Å². The first-order chi connectivity index (χ1) is 11.9. The number of hydrogen-bond acceptors (Lipinski definition) is 4. The van der Waals surface area contributed by atoms with E-state index in [-0.39, 0.29) is 11.7 Å². The minimum atomic E-state index is -1.13. The fraction of sp³-hybridized carbons (Fsp3) is 0.294. The number of rotatable bonds is 5. The lowest BCUT2D eigenvalue weighted by Crippen LogP contribution is -2.35. The first-order valence-electron chi connectivity index (χ1n) is 7.75. The molecule has 25 heavy (non-hydrogen) atoms. The number of carbonyl (C=O) groups is 2. The number of nitrogens with two attached hydrogens (primary N) is 1. The maximum Gasteiger partial charge on any atom is 0.439 e. The summed E-state index contributed by atoms with van der Waals surface area (Å²) in [6.07, 6.45) is 1.44. The zero-order valence-electron chi connectivity index (χ0n) is 13.5. The summed E-state index contributed by atoms with van der Waals surface area (Å²) in [4.78, 5) is 23.0. The number of benzene rings is 1. The molecule has 3 unspecified atom stereocenters. The van der Waals surface area contributed by atoms with Gasteiger partial charge in [0, 0.05) is 18.1 Å². The van der Waals surface area contributed by atoms with Crippen LogP contribution in [-0.2, 0) is 16.1 Å². The molecule has 0 spiro atoms. The van der Waals surface area contributed by atoms with Crippen molar-refractivity contribution in [3.05, 3.63) is 53.9 Å². The monoisotopic (exact) mass is 347 g/mol. The van der Waals surface area contributed by atoms with E-state index < -0.39 is 30.1 Å². The van der Waals surface area contributed by atoms with Gasteiger partial charge in [-0.25, -0.2) is 4.79 Å². The van der Waals surface area contributed by atoms with Crippen LogP contribution in [0.1, 0.15) is 24.1 Å². The van der Waals surface area contributed by atoms with E-state index in [4.69, 9.17) is 15.6 Å². The van der Waals surface area contributed by atoms with Crippen molar-refractivity contribution in [1.29, 1.82) is 0 Å². The van der Waals surface area contributed by atoms with E-state index >= 15 is 0 Å². The molecule has 3 N–H and O–H groups in total. The molecule has 2 amide bonds. The number of aliphatic hydroxyl groups excluding tert-OH is 1. The summed E-state index contributed by atoms with van der Waals surface area (Å²) in [5.74, 6) is -1.50. The molecule has 7 nitrogen and oxygen atoms in total. The maximum atomic E-state index is 14.2. The molecule has 1 aliphatic heterocycles. The third kappa shape index (κ3) is 3.08. The second kappa shape index (κ2) is 6.56. The topological polar surface area (TPSA) is 97.8 Å². The largest absolute Gasteiger partial charge is 0.441 e. The van der Waals surface area contributed by atoms with Crippen LogP contribution in [0.5, 0.6) is 0 Å². The van der Waals surface area contributed by atoms with Crippen LogP contribution >= 0.6 is 0 Å². The Bertz CT molecular complexity index is 789. The molecule has 1 saturated heterocycles. The van der Waals surface area contributed by atoms with Crippen LogP contribution in [0.3, 0.4) is 0 Å². The Morgan fingerprint density at radius 3 is 2.60 bits per heavy atom. The van der Waals surface area contributed by atoms with Gasteiger partial charge < -0.3 is 20.1 Å². The highest BCUT2D eigenvalue weighted by Gasteiger charge is 2.47. The van der Waals surface area contributed by atoms with Crippen molar-refractivity contribution in [3.63, 3.8) is 0 Å². The lowest BCUT2D eigenvalue weighted by molar-refractivity contribution is -0.124. The van der Waals surface area contributed by atoms with Gasteiger partial charge in [-0.2, -0.15) is 0 Å². The molecule has 1 fully saturated rings. The standard InChI is InChI=1S/C17H18FN3O4/c1-10(16(19)23)15-14(21(18)17(24)25-15)12-2-4-13(5-3-12)20-7-6-11(8-20)9-22/h2-8,10,14-15,22H,9H2,1H3,(H2,19,23). The molecule has 1 aromatic carbocycles. The molecule has 2 aromatic rings. The molecule has 1 aromatic heterocycles. The molecule has 0 radical (unpaired) electrons. The van der Waals surface area contributed by atoms with Crippen molar-refractivity contribution in [2.75, 3.05) is 0 Å². The van der Waals surface area contributed by atoms with E-state index in [1.165, 1.54) is 6.92 Å². The lowest BCUT2D eigenvalue weighted by atomic mass is 9.92. The van der Waals surface area contributed by atoms with Crippen LogP contribution in [0.2, 0.25) is 0 Å². The van der Waals surface area contributed by atoms with Crippen LogP contribution in [0.4, 0.5) is 9.28 Å². The van der Waals surface area contributed by atoms with Gasteiger partial charge in [0.2, 0.25) is 5.91 Å². The molecule has 2 heterocycles. The molecule has 0 bridgehead atoms. The fourth-order valence-corrected chi connectivity index (χ4v) is 2.87. The Hall–Kier alpha value is -2.87. The predicted octanol–water partition coefficient (Wildman–Crippen LogP) is 1.84. The molecular formula is C17H18FN3O4. The number of aromatic nitrogens is 1. The zero-order valence-corrected chi connectivity index (χ0v) is 13.5. The van der Waals surface area contributed by atoms with Gasteiger partial charge >= 0.3 is 6.09 Å². The Labute approximate surface area is 143 Å². The van der Waals surface area contributed by atoms with Gasteiger partial charge in [0.05, 0.1) is 12.5 Å². The van der Waals surface area contributed by atoms with Gasteiger partial charge in [-0.1, -0.05) is 16.6 Å². The predicted molar refractivity (Wildman–Crippen MR) is 86.0 cm³/mol. The number of amides is 2. The quantitative estimate of drug-likeness (QED) is 0.806. The summed E-state index contributed by atoms with van der Waals surface area (Å²) < 4.78 is 21.0. The van der Waals surface area contributed by atoms with E-state index in [1.807, 2.05) is 4.57 Å². The van der Waals surface area contributed by atoms with Gasteiger partial charge in [0.25, 0.3) is 0 Å². The SMILES string of the molecule is CC(C(N)=O)C1OC(=O)N(F)C1c1ccc(-n2ccc(CO)c2)cc1. The van der Waals surface area contributed by atoms with Crippen LogP contribution in [-0.4, -0.2) is 32.9 Å². The molecule has 1 aliphatic rings. The first-order valence-corrected chi connectivity index (χ1v) is 7.75. The maximum absolute atomic E-state index is 14.2. The van der Waals surface area contributed by atoms with Gasteiger partial charge in [-0.05, 0) is 36.2 Å². The van der Waals surface area contributed by atoms with E-state index in [1.54, 1.807) is 42.7 Å². The van der Waals surface area contributed by atoms with Crippen LogP contribution in [0.25, 0.3) is 5.69 Å². The summed E-state index contributed by atoms with van der Waals surface area (Å²) in [5, 5.41) is 9.11. The van der Waals surface area contributed by atoms with Crippen LogP contribution in [0.15, 0.2) is 42.7 Å². The lowest BCUT2D eigenvalue weighted by Gasteiger charge is -2.22. The summed E-state index contributed by atoms with van der Waals surface area (Å²) in [5.41, 5.74) is 7.33. The summed E-state index contributed by atoms with van der Waals surface area (Å²) in [6, 6.07) is 7.56. The van der Waals surface area contributed by atoms with Crippen LogP contribution < -0.4 is 5.73 Å². The molecule has 0 aliphatic carbocycles. The Kier molecular flexibility index (Phi) is 4.45. The second-order valence-corrected chi connectivity index (χ2v) is 5.97. The molecule has 3 atom stereocenters. The van der Waals surface area contributed by atoms with Crippen molar-refractivity contribution in [3.8, 4) is 5.69 Å². The number of halogens is 1. The van der Waals surface area contributed by atoms with Gasteiger partial charge in [0.15, 0.2) is 0 Å². The minimum Gasteiger partial charge on any atom is -0.441 e. The molecular weight excluding hydrogens is 329 g/mol. The smallest absolute Gasteiger partial charge is 0.439 e. The van der Waals surface area contributed by atoms with Crippen molar-refractivity contribution < 1.29 is 23.9 Å². The van der Waals surface area contributed by atoms with E-state index in [0.717, 1.165) is 11.3 Å². The molecule has 3 rings (SSSR count).